The lowest BCUT2D eigenvalue weighted by Crippen LogP contribution is -2.40. The van der Waals surface area contributed by atoms with E-state index in [0.29, 0.717) is 37.6 Å². The zero-order valence-corrected chi connectivity index (χ0v) is 17.7. The fraction of sp³-hybridized carbons (Fsp3) is 0.471. The standard InChI is InChI=1S/C17H22FN5O4S2/c1-25-15(28)19-8-12-9-22(16(24)27-12)11-3-4-14(13(18)7-11)21-5-6-23(20-10-21)17(29)26-2/h3-4,7,10,12,15,19,28H,5-6,8-9H2,1-2H3. The van der Waals surface area contributed by atoms with Gasteiger partial charge in [0.05, 0.1) is 31.6 Å². The van der Waals surface area contributed by atoms with E-state index in [-0.39, 0.29) is 11.3 Å². The van der Waals surface area contributed by atoms with Gasteiger partial charge in [0.15, 0.2) is 5.56 Å². The van der Waals surface area contributed by atoms with Gasteiger partial charge < -0.3 is 19.1 Å². The van der Waals surface area contributed by atoms with Crippen LogP contribution in [0.25, 0.3) is 0 Å². The molecular weight excluding hydrogens is 421 g/mol. The molecule has 2 aliphatic rings. The summed E-state index contributed by atoms with van der Waals surface area (Å²) in [6.45, 7) is 1.61. The number of nitrogens with one attached hydrogen (secondary N) is 1. The number of methoxy groups -OCH3 is 2. The first kappa shape index (κ1) is 21.6. The second-order valence-electron chi connectivity index (χ2n) is 6.27. The first-order valence-electron chi connectivity index (χ1n) is 8.81. The van der Waals surface area contributed by atoms with E-state index >= 15 is 0 Å². The molecule has 29 heavy (non-hydrogen) atoms. The number of thiocarbonyl (C=S) groups is 1. The Labute approximate surface area is 178 Å². The van der Waals surface area contributed by atoms with E-state index < -0.39 is 17.5 Å². The van der Waals surface area contributed by atoms with Crippen LogP contribution in [0.2, 0.25) is 0 Å². The number of anilines is 2. The molecule has 1 saturated heterocycles. The highest BCUT2D eigenvalue weighted by Crippen LogP contribution is 2.28. The number of benzene rings is 1. The number of amides is 1. The van der Waals surface area contributed by atoms with Crippen molar-refractivity contribution in [3.05, 3.63) is 24.0 Å². The quantitative estimate of drug-likeness (QED) is 0.390. The Morgan fingerprint density at radius 3 is 2.90 bits per heavy atom. The maximum atomic E-state index is 14.7. The van der Waals surface area contributed by atoms with Gasteiger partial charge in [-0.2, -0.15) is 5.10 Å². The van der Waals surface area contributed by atoms with Crippen molar-refractivity contribution in [2.45, 2.75) is 11.7 Å². The Morgan fingerprint density at radius 2 is 2.28 bits per heavy atom. The summed E-state index contributed by atoms with van der Waals surface area (Å²) in [5.74, 6) is -0.471. The van der Waals surface area contributed by atoms with Crippen LogP contribution in [0.15, 0.2) is 23.3 Å². The first-order valence-corrected chi connectivity index (χ1v) is 9.73. The molecule has 0 bridgehead atoms. The van der Waals surface area contributed by atoms with Gasteiger partial charge in [0.1, 0.15) is 18.3 Å². The van der Waals surface area contributed by atoms with Crippen LogP contribution < -0.4 is 15.1 Å². The van der Waals surface area contributed by atoms with Crippen LogP contribution in [0.5, 0.6) is 0 Å². The lowest BCUT2D eigenvalue weighted by molar-refractivity contribution is 0.111. The number of hydrazone groups is 1. The van der Waals surface area contributed by atoms with Crippen LogP contribution in [-0.4, -0.2) is 74.7 Å². The van der Waals surface area contributed by atoms with E-state index in [4.69, 9.17) is 26.4 Å². The van der Waals surface area contributed by atoms with E-state index in [1.54, 1.807) is 17.0 Å². The molecule has 0 aliphatic carbocycles. The Hall–Kier alpha value is -2.15. The van der Waals surface area contributed by atoms with Crippen LogP contribution in [0.1, 0.15) is 0 Å². The van der Waals surface area contributed by atoms with Crippen molar-refractivity contribution in [3.8, 4) is 0 Å². The number of rotatable bonds is 6. The summed E-state index contributed by atoms with van der Waals surface area (Å²) >= 11 is 9.17. The Morgan fingerprint density at radius 1 is 1.48 bits per heavy atom. The molecule has 12 heteroatoms. The van der Waals surface area contributed by atoms with Crippen molar-refractivity contribution in [3.63, 3.8) is 0 Å². The third kappa shape index (κ3) is 5.07. The maximum absolute atomic E-state index is 14.7. The van der Waals surface area contributed by atoms with Crippen molar-refractivity contribution in [1.82, 2.24) is 10.3 Å². The molecule has 2 aliphatic heterocycles. The molecule has 2 unspecified atom stereocenters. The number of nitrogens with zero attached hydrogens (tertiary/aromatic N) is 4. The SMILES string of the molecule is COC(=S)N1CCN(c2ccc(N3CC(CNC(S)OC)OC3=O)cc2F)C=N1. The lowest BCUT2D eigenvalue weighted by atomic mass is 10.2. The molecule has 0 saturated carbocycles. The summed E-state index contributed by atoms with van der Waals surface area (Å²) < 4.78 is 30.0. The third-order valence-corrected chi connectivity index (χ3v) is 5.21. The molecule has 1 aromatic rings. The summed E-state index contributed by atoms with van der Waals surface area (Å²) in [5.41, 5.74) is 0.313. The average Bonchev–Trinajstić information content (AvgIpc) is 3.12. The van der Waals surface area contributed by atoms with Crippen LogP contribution in [0.3, 0.4) is 0 Å². The molecule has 1 amide bonds. The molecule has 3 rings (SSSR count). The predicted octanol–water partition coefficient (Wildman–Crippen LogP) is 1.60. The van der Waals surface area contributed by atoms with E-state index in [9.17, 15) is 9.18 Å². The van der Waals surface area contributed by atoms with Gasteiger partial charge in [-0.3, -0.25) is 10.2 Å². The minimum Gasteiger partial charge on any atom is -0.473 e. The molecule has 1 fully saturated rings. The lowest BCUT2D eigenvalue weighted by Gasteiger charge is -2.29. The Kier molecular flexibility index (Phi) is 7.11. The summed E-state index contributed by atoms with van der Waals surface area (Å²) in [6, 6.07) is 4.59. The third-order valence-electron chi connectivity index (χ3n) is 4.44. The zero-order valence-electron chi connectivity index (χ0n) is 15.9. The second-order valence-corrected chi connectivity index (χ2v) is 7.08. The summed E-state index contributed by atoms with van der Waals surface area (Å²) in [7, 11) is 2.99. The minimum atomic E-state index is -0.527. The van der Waals surface area contributed by atoms with Crippen LogP contribution in [0.4, 0.5) is 20.6 Å². The molecule has 0 spiro atoms. The summed E-state index contributed by atoms with van der Waals surface area (Å²) in [6.07, 6.45) is 0.572. The number of carbonyl (C=O) groups excluding carboxylic acids is 1. The number of thiol groups is 1. The predicted molar refractivity (Wildman–Crippen MR) is 114 cm³/mol. The van der Waals surface area contributed by atoms with Gasteiger partial charge in [0.2, 0.25) is 0 Å². The fourth-order valence-electron chi connectivity index (χ4n) is 2.92. The van der Waals surface area contributed by atoms with E-state index in [0.717, 1.165) is 0 Å². The average molecular weight is 444 g/mol. The van der Waals surface area contributed by atoms with Gasteiger partial charge in [-0.25, -0.2) is 14.2 Å². The molecule has 0 radical (unpaired) electrons. The number of hydrogen-bond donors (Lipinski definition) is 2. The number of halogens is 1. The minimum absolute atomic E-state index is 0.253. The highest BCUT2D eigenvalue weighted by Gasteiger charge is 2.33. The molecule has 2 heterocycles. The molecule has 9 nitrogen and oxygen atoms in total. The molecule has 0 aromatic heterocycles. The normalized spacial score (nSPS) is 20.1. The van der Waals surface area contributed by atoms with Crippen molar-refractivity contribution < 1.29 is 23.4 Å². The topological polar surface area (TPSA) is 78.9 Å². The highest BCUT2D eigenvalue weighted by atomic mass is 32.1. The van der Waals surface area contributed by atoms with Crippen LogP contribution in [0, 0.1) is 5.82 Å². The van der Waals surface area contributed by atoms with Crippen molar-refractivity contribution >= 4 is 53.8 Å². The van der Waals surface area contributed by atoms with E-state index in [1.165, 1.54) is 36.5 Å². The second kappa shape index (κ2) is 9.57. The van der Waals surface area contributed by atoms with E-state index in [1.807, 2.05) is 0 Å². The van der Waals surface area contributed by atoms with Gasteiger partial charge >= 0.3 is 6.09 Å². The fourth-order valence-corrected chi connectivity index (χ4v) is 3.16. The molecule has 1 N–H and O–H groups in total. The van der Waals surface area contributed by atoms with Gasteiger partial charge in [-0.05, 0) is 30.4 Å². The zero-order chi connectivity index (χ0) is 21.0. The molecule has 158 valence electrons. The number of ether oxygens (including phenoxy) is 3. The van der Waals surface area contributed by atoms with Crippen molar-refractivity contribution in [2.75, 3.05) is 50.2 Å². The van der Waals surface area contributed by atoms with Gasteiger partial charge in [0.25, 0.3) is 5.17 Å². The van der Waals surface area contributed by atoms with E-state index in [2.05, 4.69) is 23.0 Å². The smallest absolute Gasteiger partial charge is 0.414 e. The number of carbonyl (C=O) groups is 1. The van der Waals surface area contributed by atoms with Crippen LogP contribution in [-0.2, 0) is 14.2 Å². The number of hydrogen-bond acceptors (Lipinski definition) is 9. The summed E-state index contributed by atoms with van der Waals surface area (Å²) in [4.78, 5) is 15.2. The largest absolute Gasteiger partial charge is 0.473 e. The maximum Gasteiger partial charge on any atom is 0.414 e. The number of cyclic esters (lactones) is 1. The summed E-state index contributed by atoms with van der Waals surface area (Å²) in [5, 5.41) is 8.89. The monoisotopic (exact) mass is 443 g/mol. The van der Waals surface area contributed by atoms with Gasteiger partial charge in [-0.15, -0.1) is 12.6 Å². The van der Waals surface area contributed by atoms with Gasteiger partial charge in [0, 0.05) is 20.2 Å². The van der Waals surface area contributed by atoms with Crippen molar-refractivity contribution in [2.24, 2.45) is 5.10 Å². The molecular formula is C17H22FN5O4S2. The van der Waals surface area contributed by atoms with Crippen molar-refractivity contribution in [1.29, 1.82) is 0 Å². The molecule has 1 aromatic carbocycles. The highest BCUT2D eigenvalue weighted by molar-refractivity contribution is 7.80. The Balaban J connectivity index is 1.65. The van der Waals surface area contributed by atoms with Gasteiger partial charge in [-0.1, -0.05) is 0 Å². The first-order chi connectivity index (χ1) is 13.9. The van der Waals surface area contributed by atoms with Crippen LogP contribution >= 0.6 is 24.8 Å². The molecule has 2 atom stereocenters. The Bertz CT molecular complexity index is 799.